The van der Waals surface area contributed by atoms with Crippen LogP contribution in [-0.4, -0.2) is 6.36 Å². The van der Waals surface area contributed by atoms with Crippen LogP contribution in [-0.2, 0) is 0 Å². The summed E-state index contributed by atoms with van der Waals surface area (Å²) in [7, 11) is 0. The average Bonchev–Trinajstić information content (AvgIpc) is 2.37. The second kappa shape index (κ2) is 5.02. The molecule has 0 unspecified atom stereocenters. The van der Waals surface area contributed by atoms with Crippen molar-refractivity contribution in [1.82, 2.24) is 0 Å². The molecular weight excluding hydrogens is 255 g/mol. The highest BCUT2D eigenvalue weighted by molar-refractivity contribution is 5.75. The van der Waals surface area contributed by atoms with Crippen LogP contribution in [0.3, 0.4) is 0 Å². The van der Waals surface area contributed by atoms with Crippen LogP contribution < -0.4 is 4.74 Å². The molecule has 0 saturated carbocycles. The van der Waals surface area contributed by atoms with E-state index in [0.717, 1.165) is 0 Å². The maximum absolute atomic E-state index is 12.3. The molecule has 1 radical (unpaired) electrons. The Labute approximate surface area is 107 Å². The first-order valence-corrected chi connectivity index (χ1v) is 5.27. The third kappa shape index (κ3) is 3.05. The zero-order chi connectivity index (χ0) is 13.9. The van der Waals surface area contributed by atoms with Gasteiger partial charge in [0.2, 0.25) is 0 Å². The number of halogens is 3. The summed E-state index contributed by atoms with van der Waals surface area (Å²) in [5.41, 5.74) is 0.697. The summed E-state index contributed by atoms with van der Waals surface area (Å²) >= 11 is 0. The van der Waals surface area contributed by atoms with Crippen molar-refractivity contribution in [2.45, 2.75) is 6.36 Å². The number of hydrogen-bond donors (Lipinski definition) is 0. The van der Waals surface area contributed by atoms with Crippen LogP contribution in [0, 0.1) is 17.4 Å². The number of benzene rings is 2. The highest BCUT2D eigenvalue weighted by Crippen LogP contribution is 2.34. The molecule has 2 aromatic carbocycles. The van der Waals surface area contributed by atoms with Crippen LogP contribution in [0.5, 0.6) is 5.75 Å². The van der Waals surface area contributed by atoms with Gasteiger partial charge in [-0.1, -0.05) is 30.3 Å². The van der Waals surface area contributed by atoms with Crippen molar-refractivity contribution in [3.05, 3.63) is 54.1 Å². The molecule has 95 valence electrons. The van der Waals surface area contributed by atoms with Gasteiger partial charge in [0.05, 0.1) is 11.6 Å². The highest BCUT2D eigenvalue weighted by Gasteiger charge is 2.32. The Morgan fingerprint density at radius 1 is 1.11 bits per heavy atom. The number of para-hydroxylation sites is 1. The van der Waals surface area contributed by atoms with Crippen LogP contribution in [0.15, 0.2) is 42.5 Å². The summed E-state index contributed by atoms with van der Waals surface area (Å²) in [5, 5.41) is 8.97. The van der Waals surface area contributed by atoms with E-state index in [0.29, 0.717) is 0 Å². The number of nitrogens with zero attached hydrogens (tertiary/aromatic N) is 1. The summed E-state index contributed by atoms with van der Waals surface area (Å²) in [6.45, 7) is 0. The van der Waals surface area contributed by atoms with Crippen LogP contribution >= 0.6 is 0 Å². The molecule has 0 aliphatic heterocycles. The Bertz CT molecular complexity index is 629. The molecule has 0 fully saturated rings. The van der Waals surface area contributed by atoms with Gasteiger partial charge < -0.3 is 4.74 Å². The molecule has 0 spiro atoms. The lowest BCUT2D eigenvalue weighted by Crippen LogP contribution is -2.17. The van der Waals surface area contributed by atoms with Gasteiger partial charge in [-0.3, -0.25) is 0 Å². The second-order valence-corrected chi connectivity index (χ2v) is 3.61. The van der Waals surface area contributed by atoms with E-state index >= 15 is 0 Å². The topological polar surface area (TPSA) is 33.0 Å². The molecule has 0 saturated heterocycles. The molecule has 2 nitrogen and oxygen atoms in total. The molecular formula is C14H7F3NO. The highest BCUT2D eigenvalue weighted by atomic mass is 19.4. The SMILES string of the molecule is N#Cc1ccc[c]c1-c1ccccc1OC(F)(F)F. The van der Waals surface area contributed by atoms with Gasteiger partial charge in [0, 0.05) is 11.1 Å². The van der Waals surface area contributed by atoms with E-state index < -0.39 is 6.36 Å². The molecule has 0 aliphatic rings. The number of hydrogen-bond acceptors (Lipinski definition) is 2. The normalized spacial score (nSPS) is 10.8. The van der Waals surface area contributed by atoms with Crippen molar-refractivity contribution >= 4 is 0 Å². The fraction of sp³-hybridized carbons (Fsp3) is 0.0714. The Kier molecular flexibility index (Phi) is 3.43. The largest absolute Gasteiger partial charge is 0.573 e. The number of rotatable bonds is 2. The fourth-order valence-corrected chi connectivity index (χ4v) is 1.64. The van der Waals surface area contributed by atoms with Gasteiger partial charge in [-0.05, 0) is 18.2 Å². The minimum absolute atomic E-state index is 0.178. The third-order valence-corrected chi connectivity index (χ3v) is 2.36. The van der Waals surface area contributed by atoms with Gasteiger partial charge in [-0.15, -0.1) is 13.2 Å². The molecule has 5 heteroatoms. The first-order valence-electron chi connectivity index (χ1n) is 5.27. The minimum atomic E-state index is -4.78. The minimum Gasteiger partial charge on any atom is -0.405 e. The molecule has 0 heterocycles. The van der Waals surface area contributed by atoms with Crippen LogP contribution in [0.25, 0.3) is 11.1 Å². The Morgan fingerprint density at radius 2 is 1.84 bits per heavy atom. The molecule has 0 aromatic heterocycles. The van der Waals surface area contributed by atoms with Gasteiger partial charge in [-0.25, -0.2) is 0 Å². The summed E-state index contributed by atoms with van der Waals surface area (Å²) in [6, 6.07) is 15.0. The lowest BCUT2D eigenvalue weighted by molar-refractivity contribution is -0.274. The lowest BCUT2D eigenvalue weighted by Gasteiger charge is -2.13. The van der Waals surface area contributed by atoms with E-state index in [2.05, 4.69) is 10.8 Å². The summed E-state index contributed by atoms with van der Waals surface area (Å²) in [6.07, 6.45) is -4.78. The van der Waals surface area contributed by atoms with Gasteiger partial charge in [0.1, 0.15) is 5.75 Å². The standard InChI is InChI=1S/C14H7F3NO/c15-14(16,17)19-13-8-4-3-7-12(13)11-6-2-1-5-10(11)9-18/h1-5,7-8H. The van der Waals surface area contributed by atoms with Gasteiger partial charge in [-0.2, -0.15) is 5.26 Å². The maximum Gasteiger partial charge on any atom is 0.573 e. The fourth-order valence-electron chi connectivity index (χ4n) is 1.64. The summed E-state index contributed by atoms with van der Waals surface area (Å²) < 4.78 is 40.9. The van der Waals surface area contributed by atoms with Gasteiger partial charge in [0.25, 0.3) is 0 Å². The van der Waals surface area contributed by atoms with E-state index in [4.69, 9.17) is 5.26 Å². The van der Waals surface area contributed by atoms with Crippen LogP contribution in [0.4, 0.5) is 13.2 Å². The second-order valence-electron chi connectivity index (χ2n) is 3.61. The predicted molar refractivity (Wildman–Crippen MR) is 62.1 cm³/mol. The first-order chi connectivity index (χ1) is 9.01. The average molecular weight is 262 g/mol. The zero-order valence-corrected chi connectivity index (χ0v) is 9.53. The Morgan fingerprint density at radius 3 is 2.53 bits per heavy atom. The van der Waals surface area contributed by atoms with Crippen LogP contribution in [0.2, 0.25) is 0 Å². The van der Waals surface area contributed by atoms with Crippen molar-refractivity contribution in [3.8, 4) is 22.9 Å². The molecule has 0 atom stereocenters. The first kappa shape index (κ1) is 13.0. The number of alkyl halides is 3. The van der Waals surface area contributed by atoms with Crippen molar-refractivity contribution in [2.75, 3.05) is 0 Å². The molecule has 0 N–H and O–H groups in total. The molecule has 2 rings (SSSR count). The Hall–Kier alpha value is -2.48. The van der Waals surface area contributed by atoms with Gasteiger partial charge in [0.15, 0.2) is 0 Å². The maximum atomic E-state index is 12.3. The molecule has 2 aromatic rings. The van der Waals surface area contributed by atoms with Gasteiger partial charge >= 0.3 is 6.36 Å². The number of ether oxygens (including phenoxy) is 1. The number of nitriles is 1. The molecule has 0 aliphatic carbocycles. The molecule has 0 amide bonds. The smallest absolute Gasteiger partial charge is 0.405 e. The summed E-state index contributed by atoms with van der Waals surface area (Å²) in [4.78, 5) is 0. The van der Waals surface area contributed by atoms with Crippen molar-refractivity contribution < 1.29 is 17.9 Å². The quantitative estimate of drug-likeness (QED) is 0.821. The monoisotopic (exact) mass is 262 g/mol. The van der Waals surface area contributed by atoms with E-state index in [1.807, 2.05) is 6.07 Å². The predicted octanol–water partition coefficient (Wildman–Crippen LogP) is 3.92. The van der Waals surface area contributed by atoms with Crippen LogP contribution in [0.1, 0.15) is 5.56 Å². The lowest BCUT2D eigenvalue weighted by atomic mass is 10.00. The van der Waals surface area contributed by atoms with E-state index in [-0.39, 0.29) is 22.4 Å². The van der Waals surface area contributed by atoms with E-state index in [9.17, 15) is 13.2 Å². The van der Waals surface area contributed by atoms with Crippen molar-refractivity contribution in [1.29, 1.82) is 5.26 Å². The van der Waals surface area contributed by atoms with E-state index in [1.165, 1.54) is 30.3 Å². The molecule has 0 bridgehead atoms. The third-order valence-electron chi connectivity index (χ3n) is 2.36. The van der Waals surface area contributed by atoms with E-state index in [1.54, 1.807) is 12.1 Å². The molecule has 19 heavy (non-hydrogen) atoms. The van der Waals surface area contributed by atoms with Crippen molar-refractivity contribution in [3.63, 3.8) is 0 Å². The Balaban J connectivity index is 2.54. The van der Waals surface area contributed by atoms with Crippen molar-refractivity contribution in [2.24, 2.45) is 0 Å². The zero-order valence-electron chi connectivity index (χ0n) is 9.53. The summed E-state index contributed by atoms with van der Waals surface area (Å²) in [5.74, 6) is -0.353.